The molecule has 4 rings (SSSR count). The van der Waals surface area contributed by atoms with Gasteiger partial charge in [0, 0.05) is 31.9 Å². The van der Waals surface area contributed by atoms with Crippen molar-refractivity contribution in [1.29, 1.82) is 0 Å². The molecule has 0 radical (unpaired) electrons. The topological polar surface area (TPSA) is 56.6 Å². The molecule has 0 spiro atoms. The number of carbonyl (C=O) groups excluding carboxylic acids is 1. The number of benzene rings is 1. The normalized spacial score (nSPS) is 19.5. The van der Waals surface area contributed by atoms with Gasteiger partial charge in [0.05, 0.1) is 12.4 Å². The maximum Gasteiger partial charge on any atom is 0.231 e. The van der Waals surface area contributed by atoms with E-state index in [0.29, 0.717) is 12.5 Å². The number of ether oxygens (including phenoxy) is 2. The number of nitrogens with zero attached hydrogens (tertiary/aromatic N) is 3. The van der Waals surface area contributed by atoms with Gasteiger partial charge in [-0.2, -0.15) is 0 Å². The van der Waals surface area contributed by atoms with Gasteiger partial charge >= 0.3 is 0 Å². The number of hydrogen-bond donors (Lipinski definition) is 0. The maximum atomic E-state index is 12.6. The summed E-state index contributed by atoms with van der Waals surface area (Å²) in [7, 11) is 0. The van der Waals surface area contributed by atoms with E-state index in [-0.39, 0.29) is 12.7 Å². The molecule has 1 amide bonds. The third-order valence-electron chi connectivity index (χ3n) is 4.76. The molecule has 2 aromatic rings. The molecule has 6 heteroatoms. The largest absolute Gasteiger partial charge is 0.454 e. The molecule has 2 aliphatic rings. The average molecular weight is 327 g/mol. The van der Waals surface area contributed by atoms with E-state index >= 15 is 0 Å². The monoisotopic (exact) mass is 327 g/mol. The Kier molecular flexibility index (Phi) is 4.11. The zero-order valence-electron chi connectivity index (χ0n) is 13.6. The number of hydrogen-bond acceptors (Lipinski definition) is 4. The van der Waals surface area contributed by atoms with Crippen molar-refractivity contribution in [3.63, 3.8) is 0 Å². The fraction of sp³-hybridized carbons (Fsp3) is 0.444. The fourth-order valence-electron chi connectivity index (χ4n) is 3.42. The maximum absolute atomic E-state index is 12.6. The van der Waals surface area contributed by atoms with E-state index in [2.05, 4.69) is 9.55 Å². The van der Waals surface area contributed by atoms with Gasteiger partial charge in [0.2, 0.25) is 12.7 Å². The number of aryl methyl sites for hydroxylation is 1. The second-order valence-electron chi connectivity index (χ2n) is 6.33. The highest BCUT2D eigenvalue weighted by Gasteiger charge is 2.24. The first kappa shape index (κ1) is 15.1. The van der Waals surface area contributed by atoms with Gasteiger partial charge in [-0.3, -0.25) is 4.79 Å². The van der Waals surface area contributed by atoms with Crippen LogP contribution < -0.4 is 9.47 Å². The predicted molar refractivity (Wildman–Crippen MR) is 88.0 cm³/mol. The Bertz CT molecular complexity index is 714. The van der Waals surface area contributed by atoms with Crippen LogP contribution in [-0.4, -0.2) is 40.2 Å². The lowest BCUT2D eigenvalue weighted by Gasteiger charge is -2.33. The van der Waals surface area contributed by atoms with Gasteiger partial charge in [0.25, 0.3) is 0 Å². The van der Waals surface area contributed by atoms with Crippen LogP contribution in [0.5, 0.6) is 11.5 Å². The highest BCUT2D eigenvalue weighted by molar-refractivity contribution is 5.76. The van der Waals surface area contributed by atoms with Crippen molar-refractivity contribution in [3.05, 3.63) is 42.5 Å². The number of aromatic nitrogens is 2. The SMILES string of the molecule is O=C(CCc1ccc2c(c1)OCO2)N1CCC[C@H](n2ccnc2)C1. The van der Waals surface area contributed by atoms with E-state index in [1.54, 1.807) is 6.20 Å². The molecule has 0 aliphatic carbocycles. The summed E-state index contributed by atoms with van der Waals surface area (Å²) < 4.78 is 12.8. The van der Waals surface area contributed by atoms with E-state index in [1.807, 2.05) is 35.6 Å². The van der Waals surface area contributed by atoms with Gasteiger partial charge in [-0.25, -0.2) is 4.98 Å². The second-order valence-corrected chi connectivity index (χ2v) is 6.33. The first-order valence-corrected chi connectivity index (χ1v) is 8.43. The number of piperidine rings is 1. The van der Waals surface area contributed by atoms with E-state index in [0.717, 1.165) is 49.4 Å². The summed E-state index contributed by atoms with van der Waals surface area (Å²) in [5.74, 6) is 1.78. The molecule has 1 atom stereocenters. The van der Waals surface area contributed by atoms with Crippen LogP contribution in [-0.2, 0) is 11.2 Å². The summed E-state index contributed by atoms with van der Waals surface area (Å²) in [6, 6.07) is 6.24. The van der Waals surface area contributed by atoms with Crippen molar-refractivity contribution in [2.75, 3.05) is 19.9 Å². The van der Waals surface area contributed by atoms with Crippen LogP contribution in [0.4, 0.5) is 0 Å². The minimum absolute atomic E-state index is 0.220. The van der Waals surface area contributed by atoms with Gasteiger partial charge in [-0.1, -0.05) is 6.07 Å². The molecule has 3 heterocycles. The van der Waals surface area contributed by atoms with Crippen molar-refractivity contribution in [1.82, 2.24) is 14.5 Å². The zero-order valence-corrected chi connectivity index (χ0v) is 13.6. The molecule has 0 unspecified atom stereocenters. The molecule has 24 heavy (non-hydrogen) atoms. The second kappa shape index (κ2) is 6.55. The standard InChI is InChI=1S/C18H21N3O3/c22-18(6-4-14-3-5-16-17(10-14)24-13-23-16)20-8-1-2-15(11-20)21-9-7-19-12-21/h3,5,7,9-10,12,15H,1-2,4,6,8,11,13H2/t15-/m0/s1. The number of rotatable bonds is 4. The molecule has 1 aromatic carbocycles. The first-order chi connectivity index (χ1) is 11.8. The zero-order chi connectivity index (χ0) is 16.4. The summed E-state index contributed by atoms with van der Waals surface area (Å²) in [4.78, 5) is 18.7. The van der Waals surface area contributed by atoms with Gasteiger partial charge in [0.1, 0.15) is 0 Å². The van der Waals surface area contributed by atoms with Crippen LogP contribution in [0.1, 0.15) is 30.9 Å². The lowest BCUT2D eigenvalue weighted by Crippen LogP contribution is -2.40. The van der Waals surface area contributed by atoms with Gasteiger partial charge < -0.3 is 18.9 Å². The molecule has 2 aliphatic heterocycles. The highest BCUT2D eigenvalue weighted by atomic mass is 16.7. The number of amides is 1. The number of imidazole rings is 1. The predicted octanol–water partition coefficient (Wildman–Crippen LogP) is 2.41. The summed E-state index contributed by atoms with van der Waals surface area (Å²) >= 11 is 0. The quantitative estimate of drug-likeness (QED) is 0.865. The van der Waals surface area contributed by atoms with Crippen LogP contribution >= 0.6 is 0 Å². The van der Waals surface area contributed by atoms with Crippen LogP contribution in [0.15, 0.2) is 36.9 Å². The third-order valence-corrected chi connectivity index (χ3v) is 4.76. The number of fused-ring (bicyclic) bond motifs is 1. The molecular weight excluding hydrogens is 306 g/mol. The minimum atomic E-state index is 0.220. The molecule has 1 aromatic heterocycles. The molecular formula is C18H21N3O3. The molecule has 0 bridgehead atoms. The van der Waals surface area contributed by atoms with Crippen molar-refractivity contribution < 1.29 is 14.3 Å². The average Bonchev–Trinajstić information content (AvgIpc) is 3.30. The van der Waals surface area contributed by atoms with Crippen molar-refractivity contribution in [2.45, 2.75) is 31.7 Å². The van der Waals surface area contributed by atoms with Crippen molar-refractivity contribution >= 4 is 5.91 Å². The number of likely N-dealkylation sites (tertiary alicyclic amines) is 1. The molecule has 1 fully saturated rings. The molecule has 0 saturated carbocycles. The smallest absolute Gasteiger partial charge is 0.231 e. The van der Waals surface area contributed by atoms with E-state index in [4.69, 9.17) is 9.47 Å². The van der Waals surface area contributed by atoms with Gasteiger partial charge in [-0.15, -0.1) is 0 Å². The first-order valence-electron chi connectivity index (χ1n) is 8.43. The van der Waals surface area contributed by atoms with Gasteiger partial charge in [-0.05, 0) is 37.0 Å². The summed E-state index contributed by atoms with van der Waals surface area (Å²) in [6.45, 7) is 1.91. The Hall–Kier alpha value is -2.50. The number of carbonyl (C=O) groups is 1. The minimum Gasteiger partial charge on any atom is -0.454 e. The van der Waals surface area contributed by atoms with Crippen LogP contribution in [0.25, 0.3) is 0 Å². The summed E-state index contributed by atoms with van der Waals surface area (Å²) in [6.07, 6.45) is 9.00. The Morgan fingerprint density at radius 2 is 2.21 bits per heavy atom. The van der Waals surface area contributed by atoms with Crippen LogP contribution in [0.3, 0.4) is 0 Å². The van der Waals surface area contributed by atoms with E-state index in [1.165, 1.54) is 0 Å². The van der Waals surface area contributed by atoms with E-state index < -0.39 is 0 Å². The Morgan fingerprint density at radius 3 is 3.08 bits per heavy atom. The third kappa shape index (κ3) is 3.09. The Balaban J connectivity index is 1.34. The highest BCUT2D eigenvalue weighted by Crippen LogP contribution is 2.32. The lowest BCUT2D eigenvalue weighted by molar-refractivity contribution is -0.132. The molecule has 6 nitrogen and oxygen atoms in total. The van der Waals surface area contributed by atoms with E-state index in [9.17, 15) is 4.79 Å². The van der Waals surface area contributed by atoms with Crippen LogP contribution in [0.2, 0.25) is 0 Å². The fourth-order valence-corrected chi connectivity index (χ4v) is 3.42. The lowest BCUT2D eigenvalue weighted by atomic mass is 10.0. The van der Waals surface area contributed by atoms with Gasteiger partial charge in [0.15, 0.2) is 11.5 Å². The van der Waals surface area contributed by atoms with Crippen LogP contribution in [0, 0.1) is 0 Å². The Morgan fingerprint density at radius 1 is 1.29 bits per heavy atom. The molecule has 1 saturated heterocycles. The molecule has 0 N–H and O–H groups in total. The summed E-state index contributed by atoms with van der Waals surface area (Å²) in [5.41, 5.74) is 1.11. The summed E-state index contributed by atoms with van der Waals surface area (Å²) in [5, 5.41) is 0. The molecule has 126 valence electrons. The Labute approximate surface area is 141 Å². The van der Waals surface area contributed by atoms with Crippen molar-refractivity contribution in [3.8, 4) is 11.5 Å². The van der Waals surface area contributed by atoms with Crippen molar-refractivity contribution in [2.24, 2.45) is 0 Å².